The zero-order valence-electron chi connectivity index (χ0n) is 41.2. The van der Waals surface area contributed by atoms with Crippen LogP contribution in [0.2, 0.25) is 0 Å². The van der Waals surface area contributed by atoms with E-state index < -0.39 is 12.1 Å². The molecule has 362 valence electrons. The first-order chi connectivity index (χ1) is 30.0. The van der Waals surface area contributed by atoms with Crippen LogP contribution in [-0.2, 0) is 14.3 Å². The SMILES string of the molecule is CCCCCCCCCCCCCCC/C=C/C(O)C(CO)NC(=O)CCCCCCCCCCCCOC(=O)CCCCCCCCCCCCCCCCCCCCC. The minimum absolute atomic E-state index is 0.0157. The predicted octanol–water partition coefficient (Wildman–Crippen LogP) is 16.5. The van der Waals surface area contributed by atoms with Crippen molar-refractivity contribution in [1.29, 1.82) is 0 Å². The Hall–Kier alpha value is -1.40. The van der Waals surface area contributed by atoms with Crippen molar-refractivity contribution in [3.05, 3.63) is 12.2 Å². The molecule has 0 radical (unpaired) electrons. The standard InChI is InChI=1S/C55H107NO5/c1-3-5-7-9-11-13-15-17-19-20-21-22-24-26-28-33-37-41-45-49-55(60)61-50-46-42-38-34-30-29-32-36-40-44-48-54(59)56-52(51-57)53(58)47-43-39-35-31-27-25-23-18-16-14-12-10-8-6-4-2/h43,47,52-53,57-58H,3-42,44-46,48-51H2,1-2H3,(H,56,59)/b47-43+. The summed E-state index contributed by atoms with van der Waals surface area (Å²) in [6.07, 6.45) is 59.3. The first-order valence-corrected chi connectivity index (χ1v) is 27.5. The number of unbranched alkanes of at least 4 members (excludes halogenated alkanes) is 40. The lowest BCUT2D eigenvalue weighted by Gasteiger charge is -2.20. The van der Waals surface area contributed by atoms with Gasteiger partial charge in [0.1, 0.15) is 0 Å². The molecule has 0 rings (SSSR count). The predicted molar refractivity (Wildman–Crippen MR) is 264 cm³/mol. The van der Waals surface area contributed by atoms with Crippen LogP contribution in [0.1, 0.15) is 303 Å². The van der Waals surface area contributed by atoms with Gasteiger partial charge in [-0.05, 0) is 32.1 Å². The first-order valence-electron chi connectivity index (χ1n) is 27.5. The molecule has 2 atom stereocenters. The second-order valence-electron chi connectivity index (χ2n) is 18.9. The zero-order chi connectivity index (χ0) is 44.4. The number of esters is 1. The molecular formula is C55H107NO5. The third-order valence-electron chi connectivity index (χ3n) is 12.8. The fourth-order valence-corrected chi connectivity index (χ4v) is 8.58. The number of aliphatic hydroxyl groups is 2. The van der Waals surface area contributed by atoms with E-state index in [1.54, 1.807) is 6.08 Å². The number of amides is 1. The fraction of sp³-hybridized carbons (Fsp3) is 0.927. The van der Waals surface area contributed by atoms with E-state index in [4.69, 9.17) is 4.74 Å². The summed E-state index contributed by atoms with van der Waals surface area (Å²) < 4.78 is 5.47. The minimum atomic E-state index is -0.857. The zero-order valence-corrected chi connectivity index (χ0v) is 41.2. The largest absolute Gasteiger partial charge is 0.466 e. The molecule has 0 aliphatic heterocycles. The highest BCUT2D eigenvalue weighted by Crippen LogP contribution is 2.17. The number of ether oxygens (including phenoxy) is 1. The number of carbonyl (C=O) groups excluding carboxylic acids is 2. The second-order valence-corrected chi connectivity index (χ2v) is 18.9. The lowest BCUT2D eigenvalue weighted by molar-refractivity contribution is -0.143. The van der Waals surface area contributed by atoms with E-state index in [0.29, 0.717) is 19.4 Å². The summed E-state index contributed by atoms with van der Waals surface area (Å²) in [5.74, 6) is -0.104. The van der Waals surface area contributed by atoms with Crippen molar-refractivity contribution >= 4 is 11.9 Å². The Morgan fingerprint density at radius 3 is 1.11 bits per heavy atom. The third kappa shape index (κ3) is 47.9. The monoisotopic (exact) mass is 862 g/mol. The van der Waals surface area contributed by atoms with Crippen LogP contribution in [0, 0.1) is 0 Å². The van der Waals surface area contributed by atoms with Crippen LogP contribution in [0.15, 0.2) is 12.2 Å². The third-order valence-corrected chi connectivity index (χ3v) is 12.8. The van der Waals surface area contributed by atoms with Gasteiger partial charge in [0.15, 0.2) is 0 Å². The van der Waals surface area contributed by atoms with Gasteiger partial charge in [0.25, 0.3) is 0 Å². The van der Waals surface area contributed by atoms with Crippen LogP contribution < -0.4 is 5.32 Å². The fourth-order valence-electron chi connectivity index (χ4n) is 8.58. The van der Waals surface area contributed by atoms with Gasteiger partial charge in [0.2, 0.25) is 5.91 Å². The number of rotatable bonds is 51. The molecule has 1 amide bonds. The van der Waals surface area contributed by atoms with Crippen LogP contribution in [-0.4, -0.2) is 47.4 Å². The lowest BCUT2D eigenvalue weighted by Crippen LogP contribution is -2.45. The molecule has 0 saturated heterocycles. The molecule has 0 spiro atoms. The Balaban J connectivity index is 3.46. The summed E-state index contributed by atoms with van der Waals surface area (Å²) >= 11 is 0. The van der Waals surface area contributed by atoms with Crippen molar-refractivity contribution in [1.82, 2.24) is 5.32 Å². The normalized spacial score (nSPS) is 12.7. The number of hydrogen-bond donors (Lipinski definition) is 3. The van der Waals surface area contributed by atoms with Crippen LogP contribution in [0.25, 0.3) is 0 Å². The maximum absolute atomic E-state index is 12.4. The van der Waals surface area contributed by atoms with Crippen LogP contribution >= 0.6 is 0 Å². The van der Waals surface area contributed by atoms with Crippen molar-refractivity contribution in [3.8, 4) is 0 Å². The summed E-state index contributed by atoms with van der Waals surface area (Å²) in [6, 6.07) is -0.643. The molecule has 0 heterocycles. The Kier molecular flexibility index (Phi) is 50.1. The highest BCUT2D eigenvalue weighted by Gasteiger charge is 2.18. The lowest BCUT2D eigenvalue weighted by atomic mass is 10.0. The molecule has 0 fully saturated rings. The molecule has 0 aromatic rings. The maximum Gasteiger partial charge on any atom is 0.305 e. The summed E-state index contributed by atoms with van der Waals surface area (Å²) in [6.45, 7) is 4.87. The molecule has 3 N–H and O–H groups in total. The highest BCUT2D eigenvalue weighted by molar-refractivity contribution is 5.76. The Bertz CT molecular complexity index is 909. The molecule has 0 aromatic carbocycles. The van der Waals surface area contributed by atoms with E-state index in [2.05, 4.69) is 19.2 Å². The summed E-state index contributed by atoms with van der Waals surface area (Å²) in [5.41, 5.74) is 0. The summed E-state index contributed by atoms with van der Waals surface area (Å²) in [4.78, 5) is 24.5. The molecule has 6 heteroatoms. The van der Waals surface area contributed by atoms with Crippen LogP contribution in [0.5, 0.6) is 0 Å². The average molecular weight is 862 g/mol. The van der Waals surface area contributed by atoms with Gasteiger partial charge in [-0.2, -0.15) is 0 Å². The summed E-state index contributed by atoms with van der Waals surface area (Å²) in [7, 11) is 0. The van der Waals surface area contributed by atoms with Crippen molar-refractivity contribution in [2.75, 3.05) is 13.2 Å². The van der Waals surface area contributed by atoms with E-state index in [1.165, 1.54) is 218 Å². The molecule has 0 bridgehead atoms. The smallest absolute Gasteiger partial charge is 0.305 e. The topological polar surface area (TPSA) is 95.9 Å². The number of allylic oxidation sites excluding steroid dienone is 1. The number of nitrogens with one attached hydrogen (secondary N) is 1. The second kappa shape index (κ2) is 51.2. The molecule has 0 aromatic heterocycles. The van der Waals surface area contributed by atoms with E-state index >= 15 is 0 Å². The van der Waals surface area contributed by atoms with Gasteiger partial charge in [0.05, 0.1) is 25.4 Å². The number of carbonyl (C=O) groups is 2. The Labute approximate surface area is 380 Å². The van der Waals surface area contributed by atoms with E-state index in [-0.39, 0.29) is 18.5 Å². The number of hydrogen-bond acceptors (Lipinski definition) is 5. The van der Waals surface area contributed by atoms with Crippen molar-refractivity contribution in [2.24, 2.45) is 0 Å². The van der Waals surface area contributed by atoms with Gasteiger partial charge >= 0.3 is 5.97 Å². The van der Waals surface area contributed by atoms with Gasteiger partial charge in [0, 0.05) is 12.8 Å². The Morgan fingerprint density at radius 2 is 0.754 bits per heavy atom. The molecule has 0 aliphatic rings. The molecule has 61 heavy (non-hydrogen) atoms. The van der Waals surface area contributed by atoms with Gasteiger partial charge in [-0.25, -0.2) is 0 Å². The minimum Gasteiger partial charge on any atom is -0.466 e. The van der Waals surface area contributed by atoms with Gasteiger partial charge in [-0.3, -0.25) is 9.59 Å². The van der Waals surface area contributed by atoms with Crippen molar-refractivity contribution in [2.45, 2.75) is 315 Å². The van der Waals surface area contributed by atoms with E-state index in [0.717, 1.165) is 57.8 Å². The summed E-state index contributed by atoms with van der Waals surface area (Å²) in [5, 5.41) is 23.1. The molecule has 2 unspecified atom stereocenters. The maximum atomic E-state index is 12.4. The average Bonchev–Trinajstić information content (AvgIpc) is 3.26. The van der Waals surface area contributed by atoms with E-state index in [1.807, 2.05) is 6.08 Å². The molecule has 0 aliphatic carbocycles. The molecular weight excluding hydrogens is 755 g/mol. The highest BCUT2D eigenvalue weighted by atomic mass is 16.5. The van der Waals surface area contributed by atoms with Crippen LogP contribution in [0.3, 0.4) is 0 Å². The van der Waals surface area contributed by atoms with Crippen LogP contribution in [0.4, 0.5) is 0 Å². The van der Waals surface area contributed by atoms with Crippen molar-refractivity contribution in [3.63, 3.8) is 0 Å². The van der Waals surface area contributed by atoms with Gasteiger partial charge < -0.3 is 20.3 Å². The van der Waals surface area contributed by atoms with Gasteiger partial charge in [-0.15, -0.1) is 0 Å². The first kappa shape index (κ1) is 59.6. The van der Waals surface area contributed by atoms with Gasteiger partial charge in [-0.1, -0.05) is 270 Å². The Morgan fingerprint density at radius 1 is 0.443 bits per heavy atom. The van der Waals surface area contributed by atoms with E-state index in [9.17, 15) is 19.8 Å². The molecule has 6 nitrogen and oxygen atoms in total. The molecule has 0 saturated carbocycles. The quantitative estimate of drug-likeness (QED) is 0.0322. The number of aliphatic hydroxyl groups excluding tert-OH is 2. The van der Waals surface area contributed by atoms with Crippen molar-refractivity contribution < 1.29 is 24.5 Å².